The number of aromatic nitrogens is 2. The number of rotatable bonds is 12. The molecule has 1 aliphatic rings. The van der Waals surface area contributed by atoms with Crippen LogP contribution in [0.4, 0.5) is 16.2 Å². The van der Waals surface area contributed by atoms with Gasteiger partial charge in [0.05, 0.1) is 5.56 Å². The van der Waals surface area contributed by atoms with Crippen LogP contribution in [0.3, 0.4) is 0 Å². The number of carbonyl (C=O) groups is 1. The Kier molecular flexibility index (Phi) is 15.4. The third-order valence-electron chi connectivity index (χ3n) is 8.27. The molecular formula is C38H61N11O2. The predicted molar refractivity (Wildman–Crippen MR) is 211 cm³/mol. The van der Waals surface area contributed by atoms with E-state index in [0.29, 0.717) is 24.5 Å². The summed E-state index contributed by atoms with van der Waals surface area (Å²) in [6.45, 7) is 20.1. The highest BCUT2D eigenvalue weighted by atomic mass is 16.2. The first kappa shape index (κ1) is 41.0. The smallest absolute Gasteiger partial charge is 0.319 e. The fourth-order valence-corrected chi connectivity index (χ4v) is 5.44. The number of nitrogens with zero attached hydrogens (tertiary/aromatic N) is 5. The van der Waals surface area contributed by atoms with Crippen molar-refractivity contribution < 1.29 is 4.79 Å². The van der Waals surface area contributed by atoms with Crippen LogP contribution in [-0.4, -0.2) is 96.7 Å². The van der Waals surface area contributed by atoms with Crippen LogP contribution in [0.15, 0.2) is 64.5 Å². The van der Waals surface area contributed by atoms with E-state index in [1.807, 2.05) is 65.8 Å². The summed E-state index contributed by atoms with van der Waals surface area (Å²) in [5, 5.41) is 5.74. The monoisotopic (exact) mass is 704 g/mol. The van der Waals surface area contributed by atoms with Gasteiger partial charge in [0.1, 0.15) is 5.82 Å². The summed E-state index contributed by atoms with van der Waals surface area (Å²) < 4.78 is 0. The molecule has 1 fully saturated rings. The van der Waals surface area contributed by atoms with Gasteiger partial charge in [0.25, 0.3) is 5.56 Å². The molecule has 1 aliphatic heterocycles. The highest BCUT2D eigenvalue weighted by Gasteiger charge is 2.18. The molecule has 0 atom stereocenters. The Morgan fingerprint density at radius 1 is 0.941 bits per heavy atom. The maximum atomic E-state index is 12.5. The molecule has 0 aliphatic carbocycles. The zero-order chi connectivity index (χ0) is 37.6. The number of likely N-dealkylation sites (N-methyl/N-ethyl adjacent to an activating group) is 1. The number of anilines is 2. The van der Waals surface area contributed by atoms with Crippen molar-refractivity contribution in [2.75, 3.05) is 69.6 Å². The number of aromatic amines is 1. The van der Waals surface area contributed by atoms with Crippen LogP contribution in [0.25, 0.3) is 11.1 Å². The van der Waals surface area contributed by atoms with Crippen LogP contribution >= 0.6 is 0 Å². The van der Waals surface area contributed by atoms with Gasteiger partial charge >= 0.3 is 6.03 Å². The summed E-state index contributed by atoms with van der Waals surface area (Å²) >= 11 is 0. The van der Waals surface area contributed by atoms with E-state index >= 15 is 0 Å². The third-order valence-corrected chi connectivity index (χ3v) is 8.27. The SMILES string of the molecule is CC(C)(C)c1ncc(-c2ccc(CN(CCCN)CCCN=C(N)N)cc2)c(=O)[nH]1.CN1CCN(c2ccc(NC(=O)NC(C)(C)C)cc2)CC1. The number of benzene rings is 2. The number of hydrogen-bond acceptors (Lipinski definition) is 8. The first-order chi connectivity index (χ1) is 24.0. The first-order valence-electron chi connectivity index (χ1n) is 17.8. The van der Waals surface area contributed by atoms with E-state index in [4.69, 9.17) is 17.2 Å². The molecule has 13 nitrogen and oxygen atoms in total. The van der Waals surface area contributed by atoms with Gasteiger partial charge in [-0.25, -0.2) is 9.78 Å². The molecule has 0 saturated carbocycles. The number of aliphatic imine (C=N–C) groups is 1. The number of guanidine groups is 1. The molecule has 0 radical (unpaired) electrons. The summed E-state index contributed by atoms with van der Waals surface area (Å²) in [5.74, 6) is 0.809. The second-order valence-corrected chi connectivity index (χ2v) is 15.2. The Hall–Kier alpha value is -4.46. The van der Waals surface area contributed by atoms with Gasteiger partial charge in [-0.1, -0.05) is 45.0 Å². The standard InChI is InChI=1S/C22H35N7O.C16H26N4O/c1-22(2,3)20-27-14-18(19(30)28-20)17-8-6-16(7-9-17)15-29(12-4-10-23)13-5-11-26-21(24)25;1-16(2,3)18-15(21)17-13-5-7-14(8-6-13)20-11-9-19(4)10-12-20/h6-9,14H,4-5,10-13,15,23H2,1-3H3,(H4,24,25,26)(H,27,28,30);5-8H,9-12H2,1-4H3,(H2,17,18,21). The number of urea groups is 1. The highest BCUT2D eigenvalue weighted by molar-refractivity contribution is 5.89. The zero-order valence-corrected chi connectivity index (χ0v) is 31.8. The van der Waals surface area contributed by atoms with Crippen LogP contribution in [0.1, 0.15) is 65.8 Å². The third kappa shape index (κ3) is 14.7. The van der Waals surface area contributed by atoms with Crippen molar-refractivity contribution in [3.8, 4) is 11.1 Å². The number of piperazine rings is 1. The fourth-order valence-electron chi connectivity index (χ4n) is 5.44. The van der Waals surface area contributed by atoms with Gasteiger partial charge in [0.2, 0.25) is 0 Å². The van der Waals surface area contributed by atoms with E-state index in [9.17, 15) is 9.59 Å². The van der Waals surface area contributed by atoms with E-state index in [-0.39, 0.29) is 28.5 Å². The van der Waals surface area contributed by atoms with E-state index < -0.39 is 0 Å². The molecule has 1 aromatic heterocycles. The Morgan fingerprint density at radius 3 is 2.12 bits per heavy atom. The molecule has 0 bridgehead atoms. The lowest BCUT2D eigenvalue weighted by molar-refractivity contribution is 0.244. The van der Waals surface area contributed by atoms with E-state index in [1.54, 1.807) is 6.20 Å². The summed E-state index contributed by atoms with van der Waals surface area (Å²) in [6.07, 6.45) is 3.47. The Labute approximate surface area is 304 Å². The first-order valence-corrected chi connectivity index (χ1v) is 17.8. The van der Waals surface area contributed by atoms with Gasteiger partial charge in [-0.05, 0) is 89.1 Å². The number of nitrogens with two attached hydrogens (primary N) is 3. The summed E-state index contributed by atoms with van der Waals surface area (Å²) in [6, 6.07) is 15.9. The number of carbonyl (C=O) groups excluding carboxylic acids is 1. The quantitative estimate of drug-likeness (QED) is 0.0924. The van der Waals surface area contributed by atoms with Crippen LogP contribution in [0.5, 0.6) is 0 Å². The maximum Gasteiger partial charge on any atom is 0.319 e. The van der Waals surface area contributed by atoms with E-state index in [1.165, 1.54) is 11.3 Å². The zero-order valence-electron chi connectivity index (χ0n) is 31.8. The number of nitrogens with one attached hydrogen (secondary N) is 3. The van der Waals surface area contributed by atoms with E-state index in [2.05, 4.69) is 71.6 Å². The van der Waals surface area contributed by atoms with Crippen molar-refractivity contribution in [1.82, 2.24) is 25.1 Å². The molecule has 280 valence electrons. The molecule has 0 spiro atoms. The van der Waals surface area contributed by atoms with E-state index in [0.717, 1.165) is 69.9 Å². The predicted octanol–water partition coefficient (Wildman–Crippen LogP) is 3.91. The van der Waals surface area contributed by atoms with Crippen molar-refractivity contribution in [2.24, 2.45) is 22.2 Å². The van der Waals surface area contributed by atoms with Gasteiger partial charge in [0, 0.05) is 74.3 Å². The normalized spacial score (nSPS) is 13.7. The topological polar surface area (TPSA) is 187 Å². The van der Waals surface area contributed by atoms with Crippen molar-refractivity contribution in [3.63, 3.8) is 0 Å². The minimum Gasteiger partial charge on any atom is -0.370 e. The minimum atomic E-state index is -0.232. The summed E-state index contributed by atoms with van der Waals surface area (Å²) in [4.78, 5) is 42.8. The van der Waals surface area contributed by atoms with Gasteiger partial charge in [-0.3, -0.25) is 14.7 Å². The van der Waals surface area contributed by atoms with Crippen LogP contribution in [-0.2, 0) is 12.0 Å². The van der Waals surface area contributed by atoms with Gasteiger partial charge in [-0.15, -0.1) is 0 Å². The average molecular weight is 704 g/mol. The second kappa shape index (κ2) is 19.2. The lowest BCUT2D eigenvalue weighted by Gasteiger charge is -2.34. The lowest BCUT2D eigenvalue weighted by atomic mass is 9.95. The van der Waals surface area contributed by atoms with Crippen molar-refractivity contribution in [1.29, 1.82) is 0 Å². The Morgan fingerprint density at radius 2 is 1.57 bits per heavy atom. The molecule has 2 aromatic carbocycles. The molecule has 9 N–H and O–H groups in total. The highest BCUT2D eigenvalue weighted by Crippen LogP contribution is 2.21. The van der Waals surface area contributed by atoms with Crippen LogP contribution in [0.2, 0.25) is 0 Å². The number of hydrogen-bond donors (Lipinski definition) is 6. The molecule has 13 heteroatoms. The van der Waals surface area contributed by atoms with Crippen molar-refractivity contribution >= 4 is 23.4 Å². The van der Waals surface area contributed by atoms with Gasteiger partial charge in [0.15, 0.2) is 5.96 Å². The number of amides is 2. The van der Waals surface area contributed by atoms with Crippen molar-refractivity contribution in [3.05, 3.63) is 76.5 Å². The maximum absolute atomic E-state index is 12.5. The van der Waals surface area contributed by atoms with Gasteiger partial charge in [-0.2, -0.15) is 0 Å². The molecule has 2 heterocycles. The summed E-state index contributed by atoms with van der Waals surface area (Å²) in [7, 11) is 2.15. The molecule has 2 amide bonds. The van der Waals surface area contributed by atoms with Crippen LogP contribution in [0, 0.1) is 0 Å². The van der Waals surface area contributed by atoms with Crippen molar-refractivity contribution in [2.45, 2.75) is 71.9 Å². The van der Waals surface area contributed by atoms with Crippen LogP contribution < -0.4 is 38.3 Å². The molecule has 0 unspecified atom stereocenters. The molecule has 4 rings (SSSR count). The molecule has 1 saturated heterocycles. The summed E-state index contributed by atoms with van der Waals surface area (Å²) in [5.41, 5.74) is 20.5. The second-order valence-electron chi connectivity index (χ2n) is 15.2. The Bertz CT molecular complexity index is 1580. The average Bonchev–Trinajstić information content (AvgIpc) is 3.05. The fraction of sp³-hybridized carbons (Fsp3) is 0.526. The molecule has 3 aromatic rings. The lowest BCUT2D eigenvalue weighted by Crippen LogP contribution is -2.44. The minimum absolute atomic E-state index is 0.119. The van der Waals surface area contributed by atoms with Gasteiger partial charge < -0.3 is 42.6 Å². The Balaban J connectivity index is 0.000000293. The number of H-pyrrole nitrogens is 1. The largest absolute Gasteiger partial charge is 0.370 e. The molecular weight excluding hydrogens is 642 g/mol. The molecule has 51 heavy (non-hydrogen) atoms.